The molecular weight excluding hydrogens is 286 g/mol. The molecular formula is C15H21N3S2. The highest BCUT2D eigenvalue weighted by Crippen LogP contribution is 2.27. The maximum atomic E-state index is 4.24. The van der Waals surface area contributed by atoms with E-state index in [1.807, 2.05) is 0 Å². The fraction of sp³-hybridized carbons (Fsp3) is 0.467. The lowest BCUT2D eigenvalue weighted by Crippen LogP contribution is -2.25. The zero-order valence-electron chi connectivity index (χ0n) is 12.2. The summed E-state index contributed by atoms with van der Waals surface area (Å²) in [5.41, 5.74) is 4.06. The third-order valence-corrected chi connectivity index (χ3v) is 5.06. The molecule has 0 aliphatic carbocycles. The SMILES string of the molecule is CCCNC(CSc1ncns1)c1cc(C)ccc1C. The van der Waals surface area contributed by atoms with Gasteiger partial charge in [0.1, 0.15) is 6.33 Å². The molecule has 3 nitrogen and oxygen atoms in total. The van der Waals surface area contributed by atoms with Crippen LogP contribution in [0.5, 0.6) is 0 Å². The van der Waals surface area contributed by atoms with E-state index < -0.39 is 0 Å². The molecule has 0 spiro atoms. The molecule has 108 valence electrons. The van der Waals surface area contributed by atoms with Crippen molar-refractivity contribution in [2.75, 3.05) is 12.3 Å². The molecule has 0 amide bonds. The zero-order valence-corrected chi connectivity index (χ0v) is 13.9. The molecule has 0 saturated carbocycles. The van der Waals surface area contributed by atoms with Gasteiger partial charge >= 0.3 is 0 Å². The summed E-state index contributed by atoms with van der Waals surface area (Å²) in [5.74, 6) is 0.986. The molecule has 1 aromatic carbocycles. The summed E-state index contributed by atoms with van der Waals surface area (Å²) in [6, 6.07) is 7.04. The van der Waals surface area contributed by atoms with Crippen molar-refractivity contribution in [3.05, 3.63) is 41.2 Å². The molecule has 20 heavy (non-hydrogen) atoms. The van der Waals surface area contributed by atoms with Crippen molar-refractivity contribution in [3.63, 3.8) is 0 Å². The van der Waals surface area contributed by atoms with Gasteiger partial charge in [-0.3, -0.25) is 0 Å². The second-order valence-corrected chi connectivity index (χ2v) is 6.93. The van der Waals surface area contributed by atoms with E-state index in [-0.39, 0.29) is 0 Å². The number of nitrogens with zero attached hydrogens (tertiary/aromatic N) is 2. The number of nitrogens with one attached hydrogen (secondary N) is 1. The van der Waals surface area contributed by atoms with Crippen LogP contribution in [0.1, 0.15) is 36.1 Å². The lowest BCUT2D eigenvalue weighted by molar-refractivity contribution is 0.575. The van der Waals surface area contributed by atoms with Gasteiger partial charge < -0.3 is 5.32 Å². The second-order valence-electron chi connectivity index (χ2n) is 4.88. The Hall–Kier alpha value is -0.910. The van der Waals surface area contributed by atoms with Crippen LogP contribution in [0.4, 0.5) is 0 Å². The lowest BCUT2D eigenvalue weighted by atomic mass is 10.00. The van der Waals surface area contributed by atoms with Gasteiger partial charge in [-0.25, -0.2) is 4.98 Å². The summed E-state index contributed by atoms with van der Waals surface area (Å²) >= 11 is 3.24. The maximum absolute atomic E-state index is 4.24. The maximum Gasteiger partial charge on any atom is 0.169 e. The van der Waals surface area contributed by atoms with E-state index in [2.05, 4.69) is 53.6 Å². The predicted molar refractivity (Wildman–Crippen MR) is 87.6 cm³/mol. The Morgan fingerprint density at radius 3 is 2.90 bits per heavy atom. The Balaban J connectivity index is 2.11. The summed E-state index contributed by atoms with van der Waals surface area (Å²) in [6.07, 6.45) is 2.77. The highest BCUT2D eigenvalue weighted by molar-refractivity contribution is 8.00. The third-order valence-electron chi connectivity index (χ3n) is 3.17. The molecule has 0 bridgehead atoms. The topological polar surface area (TPSA) is 37.8 Å². The Bertz CT molecular complexity index is 526. The summed E-state index contributed by atoms with van der Waals surface area (Å²) in [5, 5.41) is 3.65. The number of hydrogen-bond donors (Lipinski definition) is 1. The van der Waals surface area contributed by atoms with Crippen LogP contribution in [-0.4, -0.2) is 21.7 Å². The Morgan fingerprint density at radius 2 is 2.20 bits per heavy atom. The lowest BCUT2D eigenvalue weighted by Gasteiger charge is -2.20. The first-order valence-corrected chi connectivity index (χ1v) is 8.66. The molecule has 2 rings (SSSR count). The van der Waals surface area contributed by atoms with Gasteiger partial charge in [0.05, 0.1) is 0 Å². The highest BCUT2D eigenvalue weighted by Gasteiger charge is 2.14. The monoisotopic (exact) mass is 307 g/mol. The van der Waals surface area contributed by atoms with Crippen molar-refractivity contribution >= 4 is 23.3 Å². The minimum Gasteiger partial charge on any atom is -0.309 e. The van der Waals surface area contributed by atoms with Crippen LogP contribution in [0.2, 0.25) is 0 Å². The molecule has 2 aromatic rings. The van der Waals surface area contributed by atoms with Crippen molar-refractivity contribution < 1.29 is 0 Å². The summed E-state index contributed by atoms with van der Waals surface area (Å²) in [7, 11) is 0. The molecule has 1 aromatic heterocycles. The van der Waals surface area contributed by atoms with Crippen LogP contribution < -0.4 is 5.32 Å². The molecule has 1 heterocycles. The first-order valence-electron chi connectivity index (χ1n) is 6.90. The van der Waals surface area contributed by atoms with Crippen molar-refractivity contribution in [2.45, 2.75) is 37.6 Å². The van der Waals surface area contributed by atoms with Gasteiger partial charge in [0, 0.05) is 11.8 Å². The molecule has 1 unspecified atom stereocenters. The quantitative estimate of drug-likeness (QED) is 0.785. The molecule has 0 aliphatic heterocycles. The molecule has 0 aliphatic rings. The van der Waals surface area contributed by atoms with Crippen molar-refractivity contribution in [2.24, 2.45) is 0 Å². The molecule has 1 atom stereocenters. The van der Waals surface area contributed by atoms with E-state index in [0.29, 0.717) is 6.04 Å². The van der Waals surface area contributed by atoms with E-state index in [0.717, 1.165) is 23.1 Å². The summed E-state index contributed by atoms with van der Waals surface area (Å²) in [4.78, 5) is 4.24. The van der Waals surface area contributed by atoms with Gasteiger partial charge in [0.2, 0.25) is 0 Å². The van der Waals surface area contributed by atoms with Gasteiger partial charge in [-0.05, 0) is 49.5 Å². The fourth-order valence-electron chi connectivity index (χ4n) is 2.09. The minimum atomic E-state index is 0.365. The third kappa shape index (κ3) is 4.30. The predicted octanol–water partition coefficient (Wildman–Crippen LogP) is 3.99. The van der Waals surface area contributed by atoms with E-state index >= 15 is 0 Å². The first kappa shape index (κ1) is 15.5. The second kappa shape index (κ2) is 7.76. The molecule has 0 radical (unpaired) electrons. The average molecular weight is 307 g/mol. The van der Waals surface area contributed by atoms with Gasteiger partial charge in [0.25, 0.3) is 0 Å². The van der Waals surface area contributed by atoms with Crippen LogP contribution in [0.25, 0.3) is 0 Å². The van der Waals surface area contributed by atoms with Gasteiger partial charge in [-0.15, -0.1) is 0 Å². The molecule has 5 heteroatoms. The van der Waals surface area contributed by atoms with Crippen LogP contribution in [0, 0.1) is 13.8 Å². The number of aromatic nitrogens is 2. The number of benzene rings is 1. The minimum absolute atomic E-state index is 0.365. The number of aryl methyl sites for hydroxylation is 2. The number of rotatable bonds is 7. The average Bonchev–Trinajstić information content (AvgIpc) is 2.95. The molecule has 0 saturated heterocycles. The zero-order chi connectivity index (χ0) is 14.4. The van der Waals surface area contributed by atoms with Crippen molar-refractivity contribution in [1.29, 1.82) is 0 Å². The first-order chi connectivity index (χ1) is 9.70. The van der Waals surface area contributed by atoms with E-state index in [4.69, 9.17) is 0 Å². The smallest absolute Gasteiger partial charge is 0.169 e. The molecule has 1 N–H and O–H groups in total. The van der Waals surface area contributed by atoms with Gasteiger partial charge in [0.15, 0.2) is 4.34 Å². The normalized spacial score (nSPS) is 12.6. The molecule has 0 fully saturated rings. The number of thioether (sulfide) groups is 1. The Labute approximate surface area is 129 Å². The van der Waals surface area contributed by atoms with Crippen molar-refractivity contribution in [3.8, 4) is 0 Å². The van der Waals surface area contributed by atoms with E-state index in [9.17, 15) is 0 Å². The van der Waals surface area contributed by atoms with Gasteiger partial charge in [-0.1, -0.05) is 42.4 Å². The fourth-order valence-corrected chi connectivity index (χ4v) is 3.64. The van der Waals surface area contributed by atoms with Crippen LogP contribution in [0.15, 0.2) is 28.9 Å². The van der Waals surface area contributed by atoms with Crippen LogP contribution >= 0.6 is 23.3 Å². The Morgan fingerprint density at radius 1 is 1.35 bits per heavy atom. The standard InChI is InChI=1S/C15H21N3S2/c1-4-7-16-14(9-19-15-17-10-18-20-15)13-8-11(2)5-6-12(13)3/h5-6,8,10,14,16H,4,7,9H2,1-3H3. The van der Waals surface area contributed by atoms with Crippen LogP contribution in [0.3, 0.4) is 0 Å². The highest BCUT2D eigenvalue weighted by atomic mass is 32.2. The Kier molecular flexibility index (Phi) is 6.01. The summed E-state index contributed by atoms with van der Waals surface area (Å²) in [6.45, 7) is 7.57. The largest absolute Gasteiger partial charge is 0.309 e. The van der Waals surface area contributed by atoms with E-state index in [1.54, 1.807) is 18.1 Å². The van der Waals surface area contributed by atoms with Gasteiger partial charge in [-0.2, -0.15) is 4.37 Å². The van der Waals surface area contributed by atoms with E-state index in [1.165, 1.54) is 28.2 Å². The summed E-state index contributed by atoms with van der Waals surface area (Å²) < 4.78 is 5.10. The van der Waals surface area contributed by atoms with Crippen molar-refractivity contribution in [1.82, 2.24) is 14.7 Å². The number of hydrogen-bond acceptors (Lipinski definition) is 5. The van der Waals surface area contributed by atoms with Crippen LogP contribution in [-0.2, 0) is 0 Å².